The third-order valence-corrected chi connectivity index (χ3v) is 5.65. The average molecular weight is 397 g/mol. The normalized spacial score (nSPS) is 20.2. The van der Waals surface area contributed by atoms with Gasteiger partial charge in [-0.05, 0) is 64.0 Å². The summed E-state index contributed by atoms with van der Waals surface area (Å²) in [6.07, 6.45) is 9.94. The molecule has 2 aliphatic rings. The van der Waals surface area contributed by atoms with Crippen molar-refractivity contribution >= 4 is 46.1 Å². The van der Waals surface area contributed by atoms with Crippen molar-refractivity contribution < 1.29 is 0 Å². The molecule has 0 bridgehead atoms. The molecule has 8 heteroatoms. The summed E-state index contributed by atoms with van der Waals surface area (Å²) in [6, 6.07) is 0. The molecule has 0 aromatic heterocycles. The van der Waals surface area contributed by atoms with Crippen LogP contribution in [0.5, 0.6) is 0 Å². The lowest BCUT2D eigenvalue weighted by Crippen LogP contribution is -2.39. The van der Waals surface area contributed by atoms with Crippen molar-refractivity contribution in [1.29, 1.82) is 0 Å². The van der Waals surface area contributed by atoms with Gasteiger partial charge >= 0.3 is 0 Å². The van der Waals surface area contributed by atoms with Crippen molar-refractivity contribution in [3.8, 4) is 0 Å². The van der Waals surface area contributed by atoms with E-state index in [0.29, 0.717) is 10.2 Å². The zero-order chi connectivity index (χ0) is 18.8. The van der Waals surface area contributed by atoms with E-state index in [-0.39, 0.29) is 0 Å². The summed E-state index contributed by atoms with van der Waals surface area (Å²) in [6.45, 7) is 7.90. The summed E-state index contributed by atoms with van der Waals surface area (Å²) in [5.41, 5.74) is 7.63. The van der Waals surface area contributed by atoms with Gasteiger partial charge in [-0.1, -0.05) is 25.7 Å². The summed E-state index contributed by atoms with van der Waals surface area (Å²) in [5, 5.41) is 10.2. The van der Waals surface area contributed by atoms with Crippen LogP contribution in [0.3, 0.4) is 0 Å². The van der Waals surface area contributed by atoms with Crippen LogP contribution in [0.2, 0.25) is 0 Å². The average Bonchev–Trinajstić information content (AvgIpc) is 3.08. The number of nitrogens with one attached hydrogen (secondary N) is 2. The van der Waals surface area contributed by atoms with Gasteiger partial charge in [0.2, 0.25) is 0 Å². The van der Waals surface area contributed by atoms with Gasteiger partial charge < -0.3 is 9.80 Å². The van der Waals surface area contributed by atoms with Crippen molar-refractivity contribution in [2.75, 3.05) is 26.2 Å². The number of hydrogen-bond acceptors (Lipinski definition) is 4. The Morgan fingerprint density at radius 1 is 0.615 bits per heavy atom. The molecule has 0 spiro atoms. The van der Waals surface area contributed by atoms with E-state index in [1.165, 1.54) is 51.4 Å². The molecule has 0 radical (unpaired) electrons. The molecular formula is C18H32N6S2. The second-order valence-corrected chi connectivity index (χ2v) is 7.80. The van der Waals surface area contributed by atoms with Crippen molar-refractivity contribution in [2.24, 2.45) is 10.2 Å². The first-order valence-electron chi connectivity index (χ1n) is 9.76. The first-order valence-corrected chi connectivity index (χ1v) is 10.6. The van der Waals surface area contributed by atoms with Gasteiger partial charge in [-0.3, -0.25) is 10.9 Å². The van der Waals surface area contributed by atoms with Crippen LogP contribution in [0.25, 0.3) is 0 Å². The van der Waals surface area contributed by atoms with E-state index in [2.05, 4.69) is 30.9 Å². The van der Waals surface area contributed by atoms with Crippen LogP contribution in [-0.2, 0) is 0 Å². The first kappa shape index (κ1) is 21.0. The Balaban J connectivity index is 1.81. The standard InChI is InChI=1S/C18H32N6S2/c1-15(19-21-17(25)23-11-7-3-4-8-12-23)16(2)20-22-18(26)24-13-9-5-6-10-14-24/h3-14H2,1-2H3,(H,21,25)(H,22,26)/b19-15-,20-16+. The van der Waals surface area contributed by atoms with E-state index < -0.39 is 0 Å². The van der Waals surface area contributed by atoms with Crippen LogP contribution < -0.4 is 10.9 Å². The monoisotopic (exact) mass is 396 g/mol. The lowest BCUT2D eigenvalue weighted by atomic mass is 10.2. The molecule has 2 saturated heterocycles. The third-order valence-electron chi connectivity index (χ3n) is 4.95. The molecule has 2 aliphatic heterocycles. The molecule has 0 aromatic rings. The third kappa shape index (κ3) is 7.15. The Morgan fingerprint density at radius 2 is 0.923 bits per heavy atom. The molecule has 0 saturated carbocycles. The topological polar surface area (TPSA) is 55.3 Å². The summed E-state index contributed by atoms with van der Waals surface area (Å²) in [5.74, 6) is 0. The minimum Gasteiger partial charge on any atom is -0.348 e. The van der Waals surface area contributed by atoms with E-state index in [0.717, 1.165) is 37.6 Å². The van der Waals surface area contributed by atoms with Crippen molar-refractivity contribution in [2.45, 2.75) is 65.2 Å². The summed E-state index contributed by atoms with van der Waals surface area (Å²) < 4.78 is 0. The molecule has 146 valence electrons. The SMILES string of the molecule is CC(=N/NC(=S)N1CCCCCC1)/C(C)=N/NC(=S)N1CCCCCC1. The highest BCUT2D eigenvalue weighted by Gasteiger charge is 2.13. The minimum absolute atomic E-state index is 0.701. The van der Waals surface area contributed by atoms with E-state index >= 15 is 0 Å². The van der Waals surface area contributed by atoms with Gasteiger partial charge in [0.25, 0.3) is 0 Å². The maximum atomic E-state index is 5.47. The highest BCUT2D eigenvalue weighted by molar-refractivity contribution is 7.80. The number of rotatable bonds is 3. The van der Waals surface area contributed by atoms with Crippen molar-refractivity contribution in [1.82, 2.24) is 20.7 Å². The molecule has 0 amide bonds. The second-order valence-electron chi connectivity index (χ2n) is 7.03. The van der Waals surface area contributed by atoms with E-state index in [1.807, 2.05) is 13.8 Å². The van der Waals surface area contributed by atoms with Crippen LogP contribution in [0, 0.1) is 0 Å². The molecule has 6 nitrogen and oxygen atoms in total. The van der Waals surface area contributed by atoms with Crippen LogP contribution in [0.15, 0.2) is 10.2 Å². The Bertz CT molecular complexity index is 482. The molecule has 2 N–H and O–H groups in total. The van der Waals surface area contributed by atoms with Gasteiger partial charge in [0.15, 0.2) is 10.2 Å². The van der Waals surface area contributed by atoms with E-state index in [4.69, 9.17) is 24.4 Å². The fraction of sp³-hybridized carbons (Fsp3) is 0.778. The van der Waals surface area contributed by atoms with Crippen LogP contribution >= 0.6 is 24.4 Å². The number of likely N-dealkylation sites (tertiary alicyclic amines) is 2. The molecule has 0 unspecified atom stereocenters. The van der Waals surface area contributed by atoms with Gasteiger partial charge in [-0.25, -0.2) is 0 Å². The summed E-state index contributed by atoms with van der Waals surface area (Å²) in [7, 11) is 0. The Morgan fingerprint density at radius 3 is 1.23 bits per heavy atom. The zero-order valence-corrected chi connectivity index (χ0v) is 17.7. The predicted octanol–water partition coefficient (Wildman–Crippen LogP) is 3.24. The molecule has 2 heterocycles. The largest absolute Gasteiger partial charge is 0.348 e. The highest BCUT2D eigenvalue weighted by atomic mass is 32.1. The van der Waals surface area contributed by atoms with Gasteiger partial charge in [0.1, 0.15) is 0 Å². The number of thiocarbonyl (C=S) groups is 2. The van der Waals surface area contributed by atoms with Crippen LogP contribution in [0.1, 0.15) is 65.2 Å². The Labute approximate surface area is 168 Å². The minimum atomic E-state index is 0.701. The molecular weight excluding hydrogens is 364 g/mol. The maximum absolute atomic E-state index is 5.47. The van der Waals surface area contributed by atoms with E-state index in [1.54, 1.807) is 0 Å². The molecule has 0 atom stereocenters. The lowest BCUT2D eigenvalue weighted by molar-refractivity contribution is 0.428. The Hall–Kier alpha value is -1.28. The molecule has 0 aliphatic carbocycles. The number of hydrazone groups is 2. The molecule has 2 fully saturated rings. The maximum Gasteiger partial charge on any atom is 0.189 e. The molecule has 2 rings (SSSR count). The lowest BCUT2D eigenvalue weighted by Gasteiger charge is -2.22. The van der Waals surface area contributed by atoms with Crippen LogP contribution in [0.4, 0.5) is 0 Å². The molecule has 0 aromatic carbocycles. The smallest absolute Gasteiger partial charge is 0.189 e. The predicted molar refractivity (Wildman–Crippen MR) is 118 cm³/mol. The number of hydrogen-bond donors (Lipinski definition) is 2. The fourth-order valence-electron chi connectivity index (χ4n) is 3.11. The van der Waals surface area contributed by atoms with Crippen LogP contribution in [-0.4, -0.2) is 57.6 Å². The summed E-state index contributed by atoms with van der Waals surface area (Å²) >= 11 is 10.9. The zero-order valence-electron chi connectivity index (χ0n) is 16.1. The van der Waals surface area contributed by atoms with Gasteiger partial charge in [0.05, 0.1) is 11.4 Å². The number of nitrogens with zero attached hydrogens (tertiary/aromatic N) is 4. The fourth-order valence-corrected chi connectivity index (χ4v) is 3.57. The van der Waals surface area contributed by atoms with Crippen molar-refractivity contribution in [3.05, 3.63) is 0 Å². The molecule has 26 heavy (non-hydrogen) atoms. The van der Waals surface area contributed by atoms with E-state index in [9.17, 15) is 0 Å². The van der Waals surface area contributed by atoms with Gasteiger partial charge in [0, 0.05) is 26.2 Å². The first-order chi connectivity index (χ1) is 12.6. The highest BCUT2D eigenvalue weighted by Crippen LogP contribution is 2.10. The quantitative estimate of drug-likeness (QED) is 0.434. The van der Waals surface area contributed by atoms with Gasteiger partial charge in [-0.2, -0.15) is 10.2 Å². The van der Waals surface area contributed by atoms with Gasteiger partial charge in [-0.15, -0.1) is 0 Å². The Kier molecular flexibility index (Phi) is 9.25. The van der Waals surface area contributed by atoms with Crippen molar-refractivity contribution in [3.63, 3.8) is 0 Å². The second kappa shape index (κ2) is 11.4. The summed E-state index contributed by atoms with van der Waals surface area (Å²) in [4.78, 5) is 4.41.